The first-order chi connectivity index (χ1) is 21.7. The van der Waals surface area contributed by atoms with Crippen LogP contribution in [0.1, 0.15) is 128 Å². The van der Waals surface area contributed by atoms with E-state index in [0.717, 1.165) is 0 Å². The summed E-state index contributed by atoms with van der Waals surface area (Å²) in [5, 5.41) is 3.13. The molecule has 246 valence electrons. The lowest BCUT2D eigenvalue weighted by molar-refractivity contribution is 0.587. The number of rotatable bonds is 4. The van der Waals surface area contributed by atoms with Crippen LogP contribution in [0, 0.1) is 0 Å². The molecular weight excluding hydrogens is 581 g/mol. The molecule has 0 saturated carbocycles. The normalized spacial score (nSPS) is 15.9. The summed E-state index contributed by atoms with van der Waals surface area (Å²) in [5.41, 5.74) is 14.1. The third kappa shape index (κ3) is 6.41. The zero-order valence-electron chi connectivity index (χ0n) is 31.7. The van der Waals surface area contributed by atoms with Crippen LogP contribution >= 0.6 is 0 Å². The largest absolute Gasteiger partial charge is 0.115 e. The van der Waals surface area contributed by atoms with Crippen molar-refractivity contribution in [3.63, 3.8) is 0 Å². The highest BCUT2D eigenvalue weighted by Crippen LogP contribution is 2.59. The van der Waals surface area contributed by atoms with E-state index in [-0.39, 0.29) is 21.7 Å². The number of hydrogen-bond donors (Lipinski definition) is 0. The van der Waals surface area contributed by atoms with Crippen molar-refractivity contribution in [3.8, 4) is 0 Å². The summed E-state index contributed by atoms with van der Waals surface area (Å²) in [5.74, 6) is 0. The zero-order valence-corrected chi connectivity index (χ0v) is 32.7. The Morgan fingerprint density at radius 2 is 0.532 bits per heavy atom. The average molecular weight is 639 g/mol. The smallest absolute Gasteiger partial charge is 0.0619 e. The van der Waals surface area contributed by atoms with E-state index in [1.165, 1.54) is 55.7 Å². The fourth-order valence-corrected chi connectivity index (χ4v) is 11.7. The van der Waals surface area contributed by atoms with Crippen molar-refractivity contribution in [2.24, 2.45) is 0 Å². The maximum absolute atomic E-state index is 2.63. The van der Waals surface area contributed by atoms with Crippen molar-refractivity contribution in [2.75, 3.05) is 0 Å². The van der Waals surface area contributed by atoms with E-state index in [1.807, 2.05) is 0 Å². The maximum Gasteiger partial charge on any atom is 0.115 e. The quantitative estimate of drug-likeness (QED) is 0.195. The van der Waals surface area contributed by atoms with Crippen molar-refractivity contribution >= 4 is 29.6 Å². The molecule has 0 aliphatic carbocycles. The van der Waals surface area contributed by atoms with Gasteiger partial charge in [0.15, 0.2) is 0 Å². The van der Waals surface area contributed by atoms with Crippen LogP contribution in [0.3, 0.4) is 0 Å². The summed E-state index contributed by atoms with van der Waals surface area (Å²) in [6.45, 7) is 33.7. The second-order valence-corrected chi connectivity index (χ2v) is 22.6. The van der Waals surface area contributed by atoms with Crippen LogP contribution in [0.4, 0.5) is 0 Å². The molecule has 0 spiro atoms. The SMILES string of the molecule is CC(C)(C)c1ccccc1C1=C(c2ccccc2C(C)(C)C)[Si](C)(C)C(c2ccccc2C(C)(C)C)=C1c1ccccc1C(C)(C)C. The zero-order chi connectivity index (χ0) is 34.7. The Balaban J connectivity index is 2.12. The van der Waals surface area contributed by atoms with Crippen LogP contribution in [0.2, 0.25) is 13.1 Å². The number of benzene rings is 4. The Morgan fingerprint density at radius 1 is 0.319 bits per heavy atom. The summed E-state index contributed by atoms with van der Waals surface area (Å²) >= 11 is 0. The minimum absolute atomic E-state index is 0.00171. The van der Waals surface area contributed by atoms with Crippen LogP contribution in [0.25, 0.3) is 21.5 Å². The number of hydrogen-bond acceptors (Lipinski definition) is 0. The third-order valence-electron chi connectivity index (χ3n) is 10.0. The van der Waals surface area contributed by atoms with Gasteiger partial charge in [-0.1, -0.05) is 193 Å². The molecule has 47 heavy (non-hydrogen) atoms. The van der Waals surface area contributed by atoms with Crippen molar-refractivity contribution in [1.29, 1.82) is 0 Å². The van der Waals surface area contributed by atoms with Crippen molar-refractivity contribution in [1.82, 2.24) is 0 Å². The molecule has 1 heterocycles. The van der Waals surface area contributed by atoms with Gasteiger partial charge >= 0.3 is 0 Å². The summed E-state index contributed by atoms with van der Waals surface area (Å²) in [6, 6.07) is 37.2. The van der Waals surface area contributed by atoms with Crippen LogP contribution < -0.4 is 0 Å². The summed E-state index contributed by atoms with van der Waals surface area (Å²) in [7, 11) is -2.40. The highest BCUT2D eigenvalue weighted by Gasteiger charge is 2.47. The van der Waals surface area contributed by atoms with Gasteiger partial charge in [0.2, 0.25) is 0 Å². The Kier molecular flexibility index (Phi) is 8.85. The predicted octanol–water partition coefficient (Wildman–Crippen LogP) is 13.2. The van der Waals surface area contributed by atoms with Crippen molar-refractivity contribution in [2.45, 2.75) is 118 Å². The second kappa shape index (κ2) is 11.9. The van der Waals surface area contributed by atoms with E-state index in [1.54, 1.807) is 10.4 Å². The first-order valence-electron chi connectivity index (χ1n) is 17.6. The monoisotopic (exact) mass is 638 g/mol. The molecule has 1 heteroatoms. The van der Waals surface area contributed by atoms with Gasteiger partial charge in [0.05, 0.1) is 0 Å². The lowest BCUT2D eigenvalue weighted by Gasteiger charge is -2.33. The molecule has 1 aliphatic rings. The topological polar surface area (TPSA) is 0 Å². The van der Waals surface area contributed by atoms with Gasteiger partial charge in [-0.25, -0.2) is 0 Å². The van der Waals surface area contributed by atoms with Gasteiger partial charge in [0.25, 0.3) is 0 Å². The Labute approximate surface area is 288 Å². The van der Waals surface area contributed by atoms with E-state index in [2.05, 4.69) is 193 Å². The number of allylic oxidation sites excluding steroid dienone is 2. The molecule has 4 aromatic rings. The van der Waals surface area contributed by atoms with E-state index in [9.17, 15) is 0 Å². The van der Waals surface area contributed by atoms with Crippen LogP contribution in [-0.2, 0) is 21.7 Å². The second-order valence-electron chi connectivity index (χ2n) is 18.3. The van der Waals surface area contributed by atoms with E-state index < -0.39 is 8.07 Å². The summed E-state index contributed by atoms with van der Waals surface area (Å²) < 4.78 is 0. The van der Waals surface area contributed by atoms with Crippen LogP contribution in [0.5, 0.6) is 0 Å². The lowest BCUT2D eigenvalue weighted by atomic mass is 9.74. The van der Waals surface area contributed by atoms with E-state index in [0.29, 0.717) is 0 Å². The van der Waals surface area contributed by atoms with Crippen LogP contribution in [-0.4, -0.2) is 8.07 Å². The fraction of sp³-hybridized carbons (Fsp3) is 0.391. The molecule has 0 aromatic heterocycles. The summed E-state index contributed by atoms with van der Waals surface area (Å²) in [4.78, 5) is 0. The van der Waals surface area contributed by atoms with Gasteiger partial charge in [-0.15, -0.1) is 0 Å². The lowest BCUT2D eigenvalue weighted by Crippen LogP contribution is -2.31. The third-order valence-corrected chi connectivity index (χ3v) is 13.6. The molecule has 0 N–H and O–H groups in total. The Morgan fingerprint density at radius 3 is 0.787 bits per heavy atom. The highest BCUT2D eigenvalue weighted by molar-refractivity contribution is 7.13. The molecule has 1 aliphatic heterocycles. The minimum Gasteiger partial charge on any atom is -0.0619 e. The van der Waals surface area contributed by atoms with Gasteiger partial charge in [-0.05, 0) is 87.7 Å². The Bertz CT molecular complexity index is 1730. The predicted molar refractivity (Wildman–Crippen MR) is 212 cm³/mol. The first kappa shape index (κ1) is 34.9. The molecule has 0 nitrogen and oxygen atoms in total. The molecule has 4 aromatic carbocycles. The maximum atomic E-state index is 2.63. The molecule has 0 radical (unpaired) electrons. The standard InChI is InChI=1S/C46H58Si/c1-43(2,3)35-27-19-15-23-31(35)39-40(32-24-16-20-28-36(32)44(4,5)6)42(34-26-18-22-30-38(34)46(10,11)12)47(13,14)41(39)33-25-17-21-29-37(33)45(7,8)9/h15-30H,1-14H3. The first-order valence-corrected chi connectivity index (χ1v) is 20.6. The molecule has 0 atom stereocenters. The molecule has 0 saturated heterocycles. The van der Waals surface area contributed by atoms with E-state index >= 15 is 0 Å². The van der Waals surface area contributed by atoms with Gasteiger partial charge in [0, 0.05) is 0 Å². The molecule has 0 amide bonds. The van der Waals surface area contributed by atoms with Crippen LogP contribution in [0.15, 0.2) is 97.1 Å². The molecule has 5 rings (SSSR count). The van der Waals surface area contributed by atoms with E-state index in [4.69, 9.17) is 0 Å². The fourth-order valence-electron chi connectivity index (χ4n) is 7.90. The minimum atomic E-state index is -2.40. The Hall–Kier alpha value is -3.42. The van der Waals surface area contributed by atoms with Crippen molar-refractivity contribution in [3.05, 3.63) is 142 Å². The van der Waals surface area contributed by atoms with Gasteiger partial charge in [-0.2, -0.15) is 0 Å². The van der Waals surface area contributed by atoms with Gasteiger partial charge < -0.3 is 0 Å². The highest BCUT2D eigenvalue weighted by atomic mass is 28.3. The molecule has 0 unspecified atom stereocenters. The molecular formula is C46H58Si. The van der Waals surface area contributed by atoms with Gasteiger partial charge in [-0.3, -0.25) is 0 Å². The van der Waals surface area contributed by atoms with Crippen molar-refractivity contribution < 1.29 is 0 Å². The average Bonchev–Trinajstić information content (AvgIpc) is 3.22. The molecule has 0 bridgehead atoms. The molecule has 0 fully saturated rings. The van der Waals surface area contributed by atoms with Gasteiger partial charge in [0.1, 0.15) is 8.07 Å². The summed E-state index contributed by atoms with van der Waals surface area (Å²) in [6.07, 6.45) is 0.